The molecule has 0 bridgehead atoms. The van der Waals surface area contributed by atoms with Crippen molar-refractivity contribution in [2.75, 3.05) is 74.3 Å². The number of ether oxygens (including phenoxy) is 2. The van der Waals surface area contributed by atoms with E-state index in [0.29, 0.717) is 32.0 Å². The van der Waals surface area contributed by atoms with E-state index in [9.17, 15) is 9.59 Å². The number of nitrogens with one attached hydrogen (secondary N) is 2. The molecule has 2 fully saturated rings. The van der Waals surface area contributed by atoms with Crippen LogP contribution in [-0.2, 0) is 14.3 Å². The molecule has 2 saturated heterocycles. The molecule has 2 aliphatic heterocycles. The second kappa shape index (κ2) is 10.7. The Morgan fingerprint density at radius 3 is 2.09 bits per heavy atom. The number of nitrogens with zero attached hydrogens (tertiary/aromatic N) is 2. The summed E-state index contributed by atoms with van der Waals surface area (Å²) in [6.07, 6.45) is 0. The third-order valence-corrected chi connectivity index (χ3v) is 5.88. The van der Waals surface area contributed by atoms with Crippen LogP contribution < -0.4 is 20.4 Å². The summed E-state index contributed by atoms with van der Waals surface area (Å²) in [7, 11) is 0. The Kier molecular flexibility index (Phi) is 7.47. The Hall–Kier alpha value is -3.10. The number of hydrogen-bond donors (Lipinski definition) is 2. The van der Waals surface area contributed by atoms with Crippen molar-refractivity contribution in [1.29, 1.82) is 0 Å². The van der Waals surface area contributed by atoms with Crippen LogP contribution in [-0.4, -0.2) is 71.0 Å². The number of hydrogen-bond acceptors (Lipinski definition) is 6. The van der Waals surface area contributed by atoms with Crippen LogP contribution in [0.5, 0.6) is 0 Å². The van der Waals surface area contributed by atoms with Gasteiger partial charge in [0, 0.05) is 37.4 Å². The molecule has 176 valence electrons. The van der Waals surface area contributed by atoms with Crippen molar-refractivity contribution in [2.24, 2.45) is 0 Å². The first-order valence-corrected chi connectivity index (χ1v) is 11.5. The zero-order valence-electron chi connectivity index (χ0n) is 19.4. The van der Waals surface area contributed by atoms with Gasteiger partial charge in [0.25, 0.3) is 5.91 Å². The first-order valence-electron chi connectivity index (χ1n) is 11.5. The average molecular weight is 453 g/mol. The van der Waals surface area contributed by atoms with Gasteiger partial charge in [-0.3, -0.25) is 9.59 Å². The maximum atomic E-state index is 12.7. The molecule has 33 heavy (non-hydrogen) atoms. The van der Waals surface area contributed by atoms with Gasteiger partial charge >= 0.3 is 0 Å². The minimum atomic E-state index is -0.263. The molecule has 0 radical (unpaired) electrons. The van der Waals surface area contributed by atoms with Crippen molar-refractivity contribution >= 4 is 28.9 Å². The van der Waals surface area contributed by atoms with Crippen molar-refractivity contribution in [2.45, 2.75) is 13.8 Å². The van der Waals surface area contributed by atoms with Crippen LogP contribution >= 0.6 is 0 Å². The molecule has 2 aromatic rings. The van der Waals surface area contributed by atoms with Crippen LogP contribution in [0.2, 0.25) is 0 Å². The van der Waals surface area contributed by atoms with E-state index in [0.717, 1.165) is 54.4 Å². The predicted molar refractivity (Wildman–Crippen MR) is 129 cm³/mol. The molecule has 0 unspecified atom stereocenters. The summed E-state index contributed by atoms with van der Waals surface area (Å²) in [6, 6.07) is 11.7. The lowest BCUT2D eigenvalue weighted by Gasteiger charge is -2.33. The maximum absolute atomic E-state index is 12.7. The van der Waals surface area contributed by atoms with Crippen molar-refractivity contribution in [3.05, 3.63) is 53.1 Å². The fourth-order valence-corrected chi connectivity index (χ4v) is 4.27. The normalized spacial score (nSPS) is 16.4. The summed E-state index contributed by atoms with van der Waals surface area (Å²) in [5.74, 6) is -0.519. The fourth-order valence-electron chi connectivity index (χ4n) is 4.27. The number of aryl methyl sites for hydroxylation is 2. The zero-order valence-corrected chi connectivity index (χ0v) is 19.4. The first-order chi connectivity index (χ1) is 16.0. The molecule has 2 aromatic carbocycles. The third-order valence-electron chi connectivity index (χ3n) is 5.88. The van der Waals surface area contributed by atoms with Gasteiger partial charge in [0.2, 0.25) is 5.91 Å². The molecule has 0 aliphatic carbocycles. The lowest BCUT2D eigenvalue weighted by molar-refractivity contribution is -0.115. The highest BCUT2D eigenvalue weighted by molar-refractivity contribution is 6.01. The number of rotatable bonds is 6. The first kappa shape index (κ1) is 23.1. The van der Waals surface area contributed by atoms with Crippen LogP contribution in [0.1, 0.15) is 21.5 Å². The number of amides is 2. The summed E-state index contributed by atoms with van der Waals surface area (Å²) in [5, 5.41) is 5.72. The summed E-state index contributed by atoms with van der Waals surface area (Å²) < 4.78 is 11.0. The van der Waals surface area contributed by atoms with E-state index in [-0.39, 0.29) is 18.4 Å². The quantitative estimate of drug-likeness (QED) is 0.700. The maximum Gasteiger partial charge on any atom is 0.251 e. The zero-order chi connectivity index (χ0) is 23.2. The van der Waals surface area contributed by atoms with E-state index < -0.39 is 0 Å². The summed E-state index contributed by atoms with van der Waals surface area (Å²) in [5.41, 5.74) is 5.40. The van der Waals surface area contributed by atoms with E-state index >= 15 is 0 Å². The summed E-state index contributed by atoms with van der Waals surface area (Å²) in [4.78, 5) is 29.7. The molecular formula is C25H32N4O4. The number of morpholine rings is 2. The van der Waals surface area contributed by atoms with Crippen LogP contribution in [0.25, 0.3) is 0 Å². The van der Waals surface area contributed by atoms with Gasteiger partial charge in [-0.1, -0.05) is 17.2 Å². The second-order valence-corrected chi connectivity index (χ2v) is 8.51. The topological polar surface area (TPSA) is 83.1 Å². The van der Waals surface area contributed by atoms with Gasteiger partial charge in [-0.05, 0) is 44.2 Å². The predicted octanol–water partition coefficient (Wildman–Crippen LogP) is 2.35. The smallest absolute Gasteiger partial charge is 0.251 e. The van der Waals surface area contributed by atoms with Gasteiger partial charge in [-0.15, -0.1) is 0 Å². The van der Waals surface area contributed by atoms with Gasteiger partial charge in [0.05, 0.1) is 44.3 Å². The van der Waals surface area contributed by atoms with Crippen molar-refractivity contribution in [3.63, 3.8) is 0 Å². The van der Waals surface area contributed by atoms with Gasteiger partial charge in [-0.25, -0.2) is 0 Å². The van der Waals surface area contributed by atoms with E-state index in [1.54, 1.807) is 0 Å². The van der Waals surface area contributed by atoms with Crippen molar-refractivity contribution < 1.29 is 19.1 Å². The Labute approximate surface area is 194 Å². The molecule has 0 spiro atoms. The number of carbonyl (C=O) groups is 2. The summed E-state index contributed by atoms with van der Waals surface area (Å²) >= 11 is 0. The lowest BCUT2D eigenvalue weighted by Crippen LogP contribution is -2.38. The van der Waals surface area contributed by atoms with Crippen molar-refractivity contribution in [1.82, 2.24) is 5.32 Å². The standard InChI is InChI=1S/C25H32N4O4/c1-18-13-19(2)15-20(14-18)25(31)26-17-24(30)27-22-4-3-21(28-5-9-32-10-6-28)16-23(22)29-7-11-33-12-8-29/h3-4,13-16H,5-12,17H2,1-2H3,(H,26,31)(H,27,30). The summed E-state index contributed by atoms with van der Waals surface area (Å²) in [6.45, 7) is 9.75. The molecule has 2 aliphatic rings. The van der Waals surface area contributed by atoms with E-state index in [1.165, 1.54) is 0 Å². The molecule has 2 amide bonds. The molecule has 0 atom stereocenters. The van der Waals surface area contributed by atoms with Gasteiger partial charge in [0.1, 0.15) is 0 Å². The third kappa shape index (κ3) is 6.03. The number of anilines is 3. The highest BCUT2D eigenvalue weighted by Crippen LogP contribution is 2.32. The minimum absolute atomic E-state index is 0.0976. The van der Waals surface area contributed by atoms with Gasteiger partial charge in [0.15, 0.2) is 0 Å². The van der Waals surface area contributed by atoms with Crippen LogP contribution in [0.4, 0.5) is 17.1 Å². The molecular weight excluding hydrogens is 420 g/mol. The molecule has 0 aromatic heterocycles. The minimum Gasteiger partial charge on any atom is -0.378 e. The highest BCUT2D eigenvalue weighted by atomic mass is 16.5. The number of benzene rings is 2. The average Bonchev–Trinajstić information content (AvgIpc) is 2.83. The van der Waals surface area contributed by atoms with Crippen LogP contribution in [0.15, 0.2) is 36.4 Å². The van der Waals surface area contributed by atoms with Gasteiger partial charge in [-0.2, -0.15) is 0 Å². The molecule has 8 heteroatoms. The Morgan fingerprint density at radius 2 is 1.45 bits per heavy atom. The number of carbonyl (C=O) groups excluding carboxylic acids is 2. The van der Waals surface area contributed by atoms with E-state index in [1.807, 2.05) is 44.2 Å². The SMILES string of the molecule is Cc1cc(C)cc(C(=O)NCC(=O)Nc2ccc(N3CCOCC3)cc2N2CCOCC2)c1. The Morgan fingerprint density at radius 1 is 0.848 bits per heavy atom. The highest BCUT2D eigenvalue weighted by Gasteiger charge is 2.20. The molecule has 4 rings (SSSR count). The van der Waals surface area contributed by atoms with Crippen molar-refractivity contribution in [3.8, 4) is 0 Å². The van der Waals surface area contributed by atoms with Crippen LogP contribution in [0.3, 0.4) is 0 Å². The molecule has 0 saturated carbocycles. The lowest BCUT2D eigenvalue weighted by atomic mass is 10.1. The second-order valence-electron chi connectivity index (χ2n) is 8.51. The van der Waals surface area contributed by atoms with E-state index in [4.69, 9.17) is 9.47 Å². The fraction of sp³-hybridized carbons (Fsp3) is 0.440. The van der Waals surface area contributed by atoms with Gasteiger partial charge < -0.3 is 29.9 Å². The molecule has 2 heterocycles. The largest absolute Gasteiger partial charge is 0.378 e. The molecule has 2 N–H and O–H groups in total. The van der Waals surface area contributed by atoms with E-state index in [2.05, 4.69) is 26.5 Å². The monoisotopic (exact) mass is 452 g/mol. The van der Waals surface area contributed by atoms with Crippen LogP contribution in [0, 0.1) is 13.8 Å². The molecule has 8 nitrogen and oxygen atoms in total. The Balaban J connectivity index is 1.45. The Bertz CT molecular complexity index is 978.